The monoisotopic (exact) mass is 355 g/mol. The summed E-state index contributed by atoms with van der Waals surface area (Å²) in [5.74, 6) is -0.691. The van der Waals surface area contributed by atoms with Crippen LogP contribution in [-0.4, -0.2) is 26.6 Å². The lowest BCUT2D eigenvalue weighted by Gasteiger charge is -2.11. The molecule has 6 nitrogen and oxygen atoms in total. The van der Waals surface area contributed by atoms with E-state index in [0.29, 0.717) is 11.3 Å². The van der Waals surface area contributed by atoms with E-state index in [2.05, 4.69) is 4.72 Å². The van der Waals surface area contributed by atoms with Gasteiger partial charge in [0, 0.05) is 12.1 Å². The number of methoxy groups -OCH3 is 1. The highest BCUT2D eigenvalue weighted by Crippen LogP contribution is 2.24. The van der Waals surface area contributed by atoms with E-state index in [-0.39, 0.29) is 22.0 Å². The van der Waals surface area contributed by atoms with Crippen LogP contribution < -0.4 is 9.46 Å². The summed E-state index contributed by atoms with van der Waals surface area (Å²) in [4.78, 5) is 10.7. The fraction of sp³-hybridized carbons (Fsp3) is 0.133. The van der Waals surface area contributed by atoms with E-state index in [0.717, 1.165) is 6.07 Å². The van der Waals surface area contributed by atoms with E-state index < -0.39 is 16.0 Å². The standard InChI is InChI=1S/C15H14ClNO5S/c1-22-13-5-3-2-4-11(13)9-17-23(20,21)14-8-10(15(18)19)6-7-12(14)16/h2-8,17H,9H2,1H3,(H,18,19). The molecule has 0 saturated heterocycles. The molecule has 2 aromatic rings. The number of halogens is 1. The molecule has 0 atom stereocenters. The number of rotatable bonds is 6. The SMILES string of the molecule is COc1ccccc1CNS(=O)(=O)c1cc(C(=O)O)ccc1Cl. The van der Waals surface area contributed by atoms with Crippen molar-refractivity contribution in [2.45, 2.75) is 11.4 Å². The van der Waals surface area contributed by atoms with Crippen molar-refractivity contribution in [3.63, 3.8) is 0 Å². The number of hydrogen-bond acceptors (Lipinski definition) is 4. The van der Waals surface area contributed by atoms with Gasteiger partial charge in [0.25, 0.3) is 0 Å². The first kappa shape index (κ1) is 17.3. The third-order valence-electron chi connectivity index (χ3n) is 3.11. The summed E-state index contributed by atoms with van der Waals surface area (Å²) < 4.78 is 32.3. The molecular formula is C15H14ClNO5S. The number of carboxylic acids is 1. The largest absolute Gasteiger partial charge is 0.496 e. The number of aromatic carboxylic acids is 1. The number of ether oxygens (including phenoxy) is 1. The number of sulfonamides is 1. The summed E-state index contributed by atoms with van der Waals surface area (Å²) in [6.07, 6.45) is 0. The van der Waals surface area contributed by atoms with Gasteiger partial charge in [-0.15, -0.1) is 0 Å². The van der Waals surface area contributed by atoms with E-state index in [4.69, 9.17) is 21.4 Å². The van der Waals surface area contributed by atoms with Gasteiger partial charge in [0.1, 0.15) is 10.6 Å². The van der Waals surface area contributed by atoms with Crippen molar-refractivity contribution in [2.75, 3.05) is 7.11 Å². The minimum atomic E-state index is -3.97. The highest BCUT2D eigenvalue weighted by molar-refractivity contribution is 7.89. The average Bonchev–Trinajstić information content (AvgIpc) is 2.53. The molecule has 8 heteroatoms. The van der Waals surface area contributed by atoms with Crippen LogP contribution in [0.1, 0.15) is 15.9 Å². The van der Waals surface area contributed by atoms with Gasteiger partial charge in [-0.3, -0.25) is 0 Å². The molecule has 0 radical (unpaired) electrons. The highest BCUT2D eigenvalue weighted by atomic mass is 35.5. The van der Waals surface area contributed by atoms with Gasteiger partial charge in [0.2, 0.25) is 10.0 Å². The lowest BCUT2D eigenvalue weighted by atomic mass is 10.2. The summed E-state index contributed by atoms with van der Waals surface area (Å²) in [6.45, 7) is -0.0139. The molecule has 0 bridgehead atoms. The zero-order valence-electron chi connectivity index (χ0n) is 12.1. The Bertz CT molecular complexity index is 836. The lowest BCUT2D eigenvalue weighted by molar-refractivity contribution is 0.0696. The minimum Gasteiger partial charge on any atom is -0.496 e. The Morgan fingerprint density at radius 1 is 1.26 bits per heavy atom. The average molecular weight is 356 g/mol. The van der Waals surface area contributed by atoms with E-state index >= 15 is 0 Å². The highest BCUT2D eigenvalue weighted by Gasteiger charge is 2.20. The van der Waals surface area contributed by atoms with Gasteiger partial charge in [-0.2, -0.15) is 0 Å². The first-order valence-electron chi connectivity index (χ1n) is 6.49. The van der Waals surface area contributed by atoms with Crippen LogP contribution in [-0.2, 0) is 16.6 Å². The van der Waals surface area contributed by atoms with Crippen LogP contribution in [0, 0.1) is 0 Å². The minimum absolute atomic E-state index is 0.0139. The van der Waals surface area contributed by atoms with Gasteiger partial charge in [-0.25, -0.2) is 17.9 Å². The Balaban J connectivity index is 2.29. The quantitative estimate of drug-likeness (QED) is 0.830. The van der Waals surface area contributed by atoms with Crippen molar-refractivity contribution in [2.24, 2.45) is 0 Å². The van der Waals surface area contributed by atoms with Crippen LogP contribution in [0.15, 0.2) is 47.4 Å². The fourth-order valence-corrected chi connectivity index (χ4v) is 3.47. The summed E-state index contributed by atoms with van der Waals surface area (Å²) in [5.41, 5.74) is 0.483. The smallest absolute Gasteiger partial charge is 0.335 e. The van der Waals surface area contributed by atoms with Gasteiger partial charge in [-0.1, -0.05) is 29.8 Å². The van der Waals surface area contributed by atoms with Crippen molar-refractivity contribution in [3.8, 4) is 5.75 Å². The maximum Gasteiger partial charge on any atom is 0.335 e. The van der Waals surface area contributed by atoms with Gasteiger partial charge < -0.3 is 9.84 Å². The summed E-state index contributed by atoms with van der Waals surface area (Å²) >= 11 is 5.89. The molecule has 0 fully saturated rings. The Morgan fingerprint density at radius 2 is 1.96 bits per heavy atom. The number of nitrogens with one attached hydrogen (secondary N) is 1. The third-order valence-corrected chi connectivity index (χ3v) is 5.00. The number of hydrogen-bond donors (Lipinski definition) is 2. The Kier molecular flexibility index (Phi) is 5.25. The van der Waals surface area contributed by atoms with E-state index in [9.17, 15) is 13.2 Å². The van der Waals surface area contributed by atoms with Gasteiger partial charge in [-0.05, 0) is 24.3 Å². The van der Waals surface area contributed by atoms with Crippen molar-refractivity contribution in [1.82, 2.24) is 4.72 Å². The number of benzene rings is 2. The molecule has 0 aliphatic rings. The molecular weight excluding hydrogens is 342 g/mol. The zero-order chi connectivity index (χ0) is 17.0. The zero-order valence-corrected chi connectivity index (χ0v) is 13.7. The molecule has 0 aliphatic carbocycles. The first-order valence-corrected chi connectivity index (χ1v) is 8.35. The van der Waals surface area contributed by atoms with Crippen LogP contribution in [0.5, 0.6) is 5.75 Å². The Morgan fingerprint density at radius 3 is 2.61 bits per heavy atom. The first-order chi connectivity index (χ1) is 10.8. The summed E-state index contributed by atoms with van der Waals surface area (Å²) in [7, 11) is -2.48. The molecule has 0 aliphatic heterocycles. The van der Waals surface area contributed by atoms with Crippen LogP contribution >= 0.6 is 11.6 Å². The Labute approximate surface area is 138 Å². The molecule has 122 valence electrons. The molecule has 2 rings (SSSR count). The second-order valence-corrected chi connectivity index (χ2v) is 6.73. The van der Waals surface area contributed by atoms with Crippen LogP contribution in [0.25, 0.3) is 0 Å². The molecule has 23 heavy (non-hydrogen) atoms. The molecule has 0 amide bonds. The van der Waals surface area contributed by atoms with Gasteiger partial charge >= 0.3 is 5.97 Å². The van der Waals surface area contributed by atoms with Gasteiger partial charge in [0.05, 0.1) is 17.7 Å². The molecule has 0 aromatic heterocycles. The predicted octanol–water partition coefficient (Wildman–Crippen LogP) is 2.53. The number of carboxylic acid groups (broad SMARTS) is 1. The van der Waals surface area contributed by atoms with E-state index in [1.807, 2.05) is 0 Å². The summed E-state index contributed by atoms with van der Waals surface area (Å²) in [6, 6.07) is 10.5. The maximum atomic E-state index is 12.4. The van der Waals surface area contributed by atoms with Crippen molar-refractivity contribution in [3.05, 3.63) is 58.6 Å². The Hall–Kier alpha value is -2.09. The third kappa shape index (κ3) is 4.01. The van der Waals surface area contributed by atoms with Crippen molar-refractivity contribution in [1.29, 1.82) is 0 Å². The van der Waals surface area contributed by atoms with E-state index in [1.54, 1.807) is 24.3 Å². The normalized spacial score (nSPS) is 11.2. The molecule has 2 aromatic carbocycles. The molecule has 0 saturated carbocycles. The number of para-hydroxylation sites is 1. The number of carbonyl (C=O) groups is 1. The molecule has 0 spiro atoms. The second kappa shape index (κ2) is 6.99. The van der Waals surface area contributed by atoms with Crippen molar-refractivity contribution >= 4 is 27.6 Å². The maximum absolute atomic E-state index is 12.4. The fourth-order valence-electron chi connectivity index (χ4n) is 1.94. The molecule has 2 N–H and O–H groups in total. The second-order valence-electron chi connectivity index (χ2n) is 4.59. The van der Waals surface area contributed by atoms with Gasteiger partial charge in [0.15, 0.2) is 0 Å². The van der Waals surface area contributed by atoms with Crippen molar-refractivity contribution < 1.29 is 23.1 Å². The van der Waals surface area contributed by atoms with Crippen LogP contribution in [0.3, 0.4) is 0 Å². The van der Waals surface area contributed by atoms with Crippen LogP contribution in [0.2, 0.25) is 5.02 Å². The molecule has 0 unspecified atom stereocenters. The predicted molar refractivity (Wildman–Crippen MR) is 85.4 cm³/mol. The lowest BCUT2D eigenvalue weighted by Crippen LogP contribution is -2.24. The summed E-state index contributed by atoms with van der Waals surface area (Å²) in [5, 5.41) is 8.91. The molecule has 0 heterocycles. The van der Waals surface area contributed by atoms with E-state index in [1.165, 1.54) is 19.2 Å². The van der Waals surface area contributed by atoms with Crippen LogP contribution in [0.4, 0.5) is 0 Å². The topological polar surface area (TPSA) is 92.7 Å².